The van der Waals surface area contributed by atoms with Gasteiger partial charge in [0.2, 0.25) is 0 Å². The van der Waals surface area contributed by atoms with Gasteiger partial charge in [0.1, 0.15) is 5.75 Å². The molecule has 1 rings (SSSR count). The topological polar surface area (TPSA) is 30.5 Å². The maximum absolute atomic E-state index is 5.90. The highest BCUT2D eigenvalue weighted by Gasteiger charge is 2.07. The summed E-state index contributed by atoms with van der Waals surface area (Å²) in [6.45, 7) is 5.57. The SMILES string of the molecule is CCCNCc1cccc(Br)c1OCCCCOC. The molecule has 0 unspecified atom stereocenters. The highest BCUT2D eigenvalue weighted by molar-refractivity contribution is 9.10. The van der Waals surface area contributed by atoms with Crippen molar-refractivity contribution >= 4 is 15.9 Å². The van der Waals surface area contributed by atoms with Crippen molar-refractivity contribution < 1.29 is 9.47 Å². The van der Waals surface area contributed by atoms with E-state index in [1.165, 1.54) is 5.56 Å². The molecule has 0 spiro atoms. The molecule has 0 saturated carbocycles. The standard InChI is InChI=1S/C15H24BrNO2/c1-3-9-17-12-13-7-6-8-14(16)15(13)19-11-5-4-10-18-2/h6-8,17H,3-5,9-12H2,1-2H3. The third-order valence-electron chi connectivity index (χ3n) is 2.78. The zero-order valence-electron chi connectivity index (χ0n) is 11.9. The Bertz CT molecular complexity index is 358. The fourth-order valence-corrected chi connectivity index (χ4v) is 2.30. The fourth-order valence-electron chi connectivity index (χ4n) is 1.78. The van der Waals surface area contributed by atoms with Crippen LogP contribution in [0.25, 0.3) is 0 Å². The van der Waals surface area contributed by atoms with E-state index in [9.17, 15) is 0 Å². The zero-order valence-corrected chi connectivity index (χ0v) is 13.5. The Labute approximate surface area is 124 Å². The average Bonchev–Trinajstić information content (AvgIpc) is 2.41. The highest BCUT2D eigenvalue weighted by Crippen LogP contribution is 2.29. The van der Waals surface area contributed by atoms with Crippen LogP contribution in [0.3, 0.4) is 0 Å². The molecule has 108 valence electrons. The van der Waals surface area contributed by atoms with Gasteiger partial charge in [-0.2, -0.15) is 0 Å². The lowest BCUT2D eigenvalue weighted by molar-refractivity contribution is 0.184. The molecule has 0 saturated heterocycles. The lowest BCUT2D eigenvalue weighted by Crippen LogP contribution is -2.15. The van der Waals surface area contributed by atoms with Crippen LogP contribution in [0, 0.1) is 0 Å². The van der Waals surface area contributed by atoms with E-state index >= 15 is 0 Å². The molecule has 0 fully saturated rings. The molecule has 0 radical (unpaired) electrons. The van der Waals surface area contributed by atoms with Crippen molar-refractivity contribution in [1.29, 1.82) is 0 Å². The first kappa shape index (κ1) is 16.5. The maximum atomic E-state index is 5.90. The van der Waals surface area contributed by atoms with Crippen LogP contribution in [-0.4, -0.2) is 26.9 Å². The molecule has 1 aromatic rings. The Morgan fingerprint density at radius 3 is 2.74 bits per heavy atom. The number of para-hydroxylation sites is 1. The van der Waals surface area contributed by atoms with Crippen molar-refractivity contribution in [3.8, 4) is 5.75 Å². The molecule has 0 aromatic heterocycles. The molecule has 0 amide bonds. The molecule has 1 N–H and O–H groups in total. The summed E-state index contributed by atoms with van der Waals surface area (Å²) < 4.78 is 12.0. The zero-order chi connectivity index (χ0) is 13.9. The third kappa shape index (κ3) is 6.41. The van der Waals surface area contributed by atoms with Crippen LogP contribution in [0.5, 0.6) is 5.75 Å². The number of halogens is 1. The monoisotopic (exact) mass is 329 g/mol. The predicted octanol–water partition coefficient (Wildman–Crippen LogP) is 3.75. The predicted molar refractivity (Wildman–Crippen MR) is 82.7 cm³/mol. The van der Waals surface area contributed by atoms with Gasteiger partial charge in [0.15, 0.2) is 0 Å². The van der Waals surface area contributed by atoms with Crippen molar-refractivity contribution in [3.63, 3.8) is 0 Å². The van der Waals surface area contributed by atoms with E-state index in [4.69, 9.17) is 9.47 Å². The van der Waals surface area contributed by atoms with E-state index < -0.39 is 0 Å². The summed E-state index contributed by atoms with van der Waals surface area (Å²) in [6, 6.07) is 6.18. The summed E-state index contributed by atoms with van der Waals surface area (Å²) in [5.74, 6) is 0.962. The number of nitrogens with one attached hydrogen (secondary N) is 1. The first-order valence-corrected chi connectivity index (χ1v) is 7.68. The molecule has 0 heterocycles. The van der Waals surface area contributed by atoms with Gasteiger partial charge in [0, 0.05) is 25.8 Å². The smallest absolute Gasteiger partial charge is 0.137 e. The third-order valence-corrected chi connectivity index (χ3v) is 3.40. The van der Waals surface area contributed by atoms with Gasteiger partial charge in [-0.1, -0.05) is 19.1 Å². The number of ether oxygens (including phenoxy) is 2. The first-order valence-electron chi connectivity index (χ1n) is 6.89. The summed E-state index contributed by atoms with van der Waals surface area (Å²) in [4.78, 5) is 0. The van der Waals surface area contributed by atoms with E-state index in [1.54, 1.807) is 7.11 Å². The molecular formula is C15H24BrNO2. The van der Waals surface area contributed by atoms with E-state index in [1.807, 2.05) is 12.1 Å². The number of benzene rings is 1. The Morgan fingerprint density at radius 2 is 2.00 bits per heavy atom. The quantitative estimate of drug-likeness (QED) is 0.663. The van der Waals surface area contributed by atoms with Crippen LogP contribution in [0.15, 0.2) is 22.7 Å². The fraction of sp³-hybridized carbons (Fsp3) is 0.600. The van der Waals surface area contributed by atoms with Gasteiger partial charge in [-0.25, -0.2) is 0 Å². The Kier molecular flexibility index (Phi) is 8.88. The van der Waals surface area contributed by atoms with Gasteiger partial charge in [-0.15, -0.1) is 0 Å². The number of methoxy groups -OCH3 is 1. The lowest BCUT2D eigenvalue weighted by atomic mass is 10.2. The second-order valence-electron chi connectivity index (χ2n) is 4.45. The second kappa shape index (κ2) is 10.2. The molecular weight excluding hydrogens is 306 g/mol. The number of unbranched alkanes of at least 4 members (excludes halogenated alkanes) is 1. The van der Waals surface area contributed by atoms with Gasteiger partial charge in [-0.3, -0.25) is 0 Å². The van der Waals surface area contributed by atoms with Gasteiger partial charge in [0.05, 0.1) is 11.1 Å². The van der Waals surface area contributed by atoms with Crippen LogP contribution >= 0.6 is 15.9 Å². The summed E-state index contributed by atoms with van der Waals surface area (Å²) in [6.07, 6.45) is 3.18. The van der Waals surface area contributed by atoms with Crippen LogP contribution in [-0.2, 0) is 11.3 Å². The molecule has 0 aliphatic carbocycles. The number of hydrogen-bond acceptors (Lipinski definition) is 3. The van der Waals surface area contributed by atoms with Crippen molar-refractivity contribution in [3.05, 3.63) is 28.2 Å². The minimum atomic E-state index is 0.729. The van der Waals surface area contributed by atoms with Crippen LogP contribution in [0.4, 0.5) is 0 Å². The van der Waals surface area contributed by atoms with Crippen LogP contribution in [0.2, 0.25) is 0 Å². The van der Waals surface area contributed by atoms with Gasteiger partial charge in [0.25, 0.3) is 0 Å². The first-order chi connectivity index (χ1) is 9.29. The summed E-state index contributed by atoms with van der Waals surface area (Å²) in [7, 11) is 1.73. The molecule has 0 aliphatic rings. The summed E-state index contributed by atoms with van der Waals surface area (Å²) >= 11 is 3.56. The average molecular weight is 330 g/mol. The van der Waals surface area contributed by atoms with Gasteiger partial charge in [-0.05, 0) is 47.8 Å². The van der Waals surface area contributed by atoms with Crippen molar-refractivity contribution in [2.75, 3.05) is 26.9 Å². The Balaban J connectivity index is 2.49. The molecule has 4 heteroatoms. The molecule has 0 bridgehead atoms. The Morgan fingerprint density at radius 1 is 1.21 bits per heavy atom. The minimum Gasteiger partial charge on any atom is -0.492 e. The molecule has 0 aliphatic heterocycles. The molecule has 0 atom stereocenters. The molecule has 19 heavy (non-hydrogen) atoms. The lowest BCUT2D eigenvalue weighted by Gasteiger charge is -2.13. The summed E-state index contributed by atoms with van der Waals surface area (Å²) in [5, 5.41) is 3.41. The van der Waals surface area contributed by atoms with E-state index in [0.29, 0.717) is 0 Å². The normalized spacial score (nSPS) is 10.7. The number of hydrogen-bond donors (Lipinski definition) is 1. The van der Waals surface area contributed by atoms with E-state index in [0.717, 1.165) is 55.8 Å². The second-order valence-corrected chi connectivity index (χ2v) is 5.31. The van der Waals surface area contributed by atoms with Crippen molar-refractivity contribution in [2.24, 2.45) is 0 Å². The highest BCUT2D eigenvalue weighted by atomic mass is 79.9. The number of rotatable bonds is 10. The maximum Gasteiger partial charge on any atom is 0.137 e. The largest absolute Gasteiger partial charge is 0.492 e. The summed E-state index contributed by atoms with van der Waals surface area (Å²) in [5.41, 5.74) is 1.20. The molecule has 3 nitrogen and oxygen atoms in total. The van der Waals surface area contributed by atoms with Gasteiger partial charge < -0.3 is 14.8 Å². The van der Waals surface area contributed by atoms with E-state index in [-0.39, 0.29) is 0 Å². The Hall–Kier alpha value is -0.580. The van der Waals surface area contributed by atoms with Crippen LogP contribution in [0.1, 0.15) is 31.7 Å². The van der Waals surface area contributed by atoms with E-state index in [2.05, 4.69) is 34.2 Å². The van der Waals surface area contributed by atoms with Crippen molar-refractivity contribution in [1.82, 2.24) is 5.32 Å². The molecule has 1 aromatic carbocycles. The van der Waals surface area contributed by atoms with Gasteiger partial charge >= 0.3 is 0 Å². The minimum absolute atomic E-state index is 0.729. The van der Waals surface area contributed by atoms with Crippen LogP contribution < -0.4 is 10.1 Å². The van der Waals surface area contributed by atoms with Crippen molar-refractivity contribution in [2.45, 2.75) is 32.7 Å².